The SMILES string of the molecule is Cc1cccn(C(C)C(=O)Nc2ccc(Oc3ccccc3)cc2)c1=O. The predicted octanol–water partition coefficient (Wildman–Crippen LogP) is 4.15. The number of carbonyl (C=O) groups is 1. The molecule has 1 aromatic heterocycles. The Bertz CT molecular complexity index is 947. The zero-order valence-electron chi connectivity index (χ0n) is 14.7. The summed E-state index contributed by atoms with van der Waals surface area (Å²) in [6, 6.07) is 19.5. The number of anilines is 1. The average molecular weight is 348 g/mol. The van der Waals surface area contributed by atoms with Gasteiger partial charge in [-0.2, -0.15) is 0 Å². The molecule has 0 aliphatic carbocycles. The summed E-state index contributed by atoms with van der Waals surface area (Å²) >= 11 is 0. The smallest absolute Gasteiger partial charge is 0.254 e. The highest BCUT2D eigenvalue weighted by molar-refractivity contribution is 5.93. The number of pyridine rings is 1. The fourth-order valence-corrected chi connectivity index (χ4v) is 2.53. The Morgan fingerprint density at radius 1 is 0.962 bits per heavy atom. The lowest BCUT2D eigenvalue weighted by Crippen LogP contribution is -2.32. The highest BCUT2D eigenvalue weighted by Gasteiger charge is 2.16. The van der Waals surface area contributed by atoms with E-state index < -0.39 is 6.04 Å². The van der Waals surface area contributed by atoms with Gasteiger partial charge in [-0.05, 0) is 56.3 Å². The predicted molar refractivity (Wildman–Crippen MR) is 102 cm³/mol. The van der Waals surface area contributed by atoms with Gasteiger partial charge in [0.15, 0.2) is 0 Å². The summed E-state index contributed by atoms with van der Waals surface area (Å²) in [6.45, 7) is 3.43. The van der Waals surface area contributed by atoms with E-state index in [2.05, 4.69) is 5.32 Å². The number of benzene rings is 2. The number of rotatable bonds is 5. The van der Waals surface area contributed by atoms with E-state index in [4.69, 9.17) is 4.74 Å². The van der Waals surface area contributed by atoms with Gasteiger partial charge in [0.25, 0.3) is 5.56 Å². The summed E-state index contributed by atoms with van der Waals surface area (Å²) in [5, 5.41) is 2.82. The molecule has 1 amide bonds. The Morgan fingerprint density at radius 2 is 1.62 bits per heavy atom. The topological polar surface area (TPSA) is 60.3 Å². The number of ether oxygens (including phenoxy) is 1. The van der Waals surface area contributed by atoms with Crippen molar-refractivity contribution in [1.29, 1.82) is 0 Å². The van der Waals surface area contributed by atoms with Gasteiger partial charge in [0.1, 0.15) is 17.5 Å². The van der Waals surface area contributed by atoms with Crippen LogP contribution in [0.2, 0.25) is 0 Å². The largest absolute Gasteiger partial charge is 0.457 e. The lowest BCUT2D eigenvalue weighted by molar-refractivity contribution is -0.118. The Labute approximate surface area is 151 Å². The van der Waals surface area contributed by atoms with Crippen LogP contribution >= 0.6 is 0 Å². The van der Waals surface area contributed by atoms with Crippen molar-refractivity contribution in [2.45, 2.75) is 19.9 Å². The van der Waals surface area contributed by atoms with Crippen molar-refractivity contribution in [1.82, 2.24) is 4.57 Å². The lowest BCUT2D eigenvalue weighted by atomic mass is 10.2. The highest BCUT2D eigenvalue weighted by Crippen LogP contribution is 2.23. The summed E-state index contributed by atoms with van der Waals surface area (Å²) in [7, 11) is 0. The van der Waals surface area contributed by atoms with Gasteiger partial charge in [-0.1, -0.05) is 24.3 Å². The van der Waals surface area contributed by atoms with Crippen LogP contribution in [0.25, 0.3) is 0 Å². The maximum atomic E-state index is 12.5. The second kappa shape index (κ2) is 7.70. The van der Waals surface area contributed by atoms with Gasteiger partial charge in [-0.25, -0.2) is 0 Å². The Hall–Kier alpha value is -3.34. The van der Waals surface area contributed by atoms with Gasteiger partial charge in [0.05, 0.1) is 0 Å². The minimum atomic E-state index is -0.609. The van der Waals surface area contributed by atoms with Gasteiger partial charge in [0, 0.05) is 17.4 Å². The normalized spacial score (nSPS) is 11.6. The van der Waals surface area contributed by atoms with Crippen LogP contribution < -0.4 is 15.6 Å². The number of amides is 1. The number of carbonyl (C=O) groups excluding carboxylic acids is 1. The molecule has 0 aliphatic heterocycles. The molecule has 1 heterocycles. The molecule has 2 aromatic carbocycles. The Kier molecular flexibility index (Phi) is 5.17. The average Bonchev–Trinajstić information content (AvgIpc) is 2.66. The fraction of sp³-hybridized carbons (Fsp3) is 0.143. The number of nitrogens with zero attached hydrogens (tertiary/aromatic N) is 1. The molecule has 5 nitrogen and oxygen atoms in total. The molecule has 1 atom stereocenters. The number of hydrogen-bond acceptors (Lipinski definition) is 3. The second-order valence-corrected chi connectivity index (χ2v) is 6.01. The molecule has 0 fully saturated rings. The number of aryl methyl sites for hydroxylation is 1. The molecule has 1 unspecified atom stereocenters. The molecule has 1 N–H and O–H groups in total. The van der Waals surface area contributed by atoms with Crippen molar-refractivity contribution < 1.29 is 9.53 Å². The molecular formula is C21H20N2O3. The van der Waals surface area contributed by atoms with Crippen LogP contribution in [0.5, 0.6) is 11.5 Å². The third-order valence-electron chi connectivity index (χ3n) is 4.06. The molecule has 0 aliphatic rings. The summed E-state index contributed by atoms with van der Waals surface area (Å²) in [5.41, 5.74) is 1.08. The first-order valence-electron chi connectivity index (χ1n) is 8.36. The van der Waals surface area contributed by atoms with E-state index in [1.165, 1.54) is 4.57 Å². The Morgan fingerprint density at radius 3 is 2.31 bits per heavy atom. The molecule has 3 aromatic rings. The minimum Gasteiger partial charge on any atom is -0.457 e. The molecule has 0 spiro atoms. The van der Waals surface area contributed by atoms with Crippen LogP contribution in [0.1, 0.15) is 18.5 Å². The molecular weight excluding hydrogens is 328 g/mol. The summed E-state index contributed by atoms with van der Waals surface area (Å²) < 4.78 is 7.15. The van der Waals surface area contributed by atoms with Crippen LogP contribution in [0.4, 0.5) is 5.69 Å². The monoisotopic (exact) mass is 348 g/mol. The molecule has 0 radical (unpaired) electrons. The third kappa shape index (κ3) is 4.00. The number of para-hydroxylation sites is 1. The summed E-state index contributed by atoms with van der Waals surface area (Å²) in [4.78, 5) is 24.6. The molecule has 132 valence electrons. The minimum absolute atomic E-state index is 0.165. The van der Waals surface area contributed by atoms with Gasteiger partial charge >= 0.3 is 0 Å². The van der Waals surface area contributed by atoms with Gasteiger partial charge in [-0.15, -0.1) is 0 Å². The summed E-state index contributed by atoms with van der Waals surface area (Å²) in [6.07, 6.45) is 1.62. The molecule has 0 bridgehead atoms. The van der Waals surface area contributed by atoms with Crippen molar-refractivity contribution in [3.05, 3.63) is 88.8 Å². The standard InChI is InChI=1S/C21H20N2O3/c1-15-7-6-14-23(21(15)25)16(2)20(24)22-17-10-12-19(13-11-17)26-18-8-4-3-5-9-18/h3-14,16H,1-2H3,(H,22,24). The quantitative estimate of drug-likeness (QED) is 0.753. The fourth-order valence-electron chi connectivity index (χ4n) is 2.53. The van der Waals surface area contributed by atoms with Crippen molar-refractivity contribution in [2.24, 2.45) is 0 Å². The van der Waals surface area contributed by atoms with Crippen LogP contribution in [-0.2, 0) is 4.79 Å². The summed E-state index contributed by atoms with van der Waals surface area (Å²) in [5.74, 6) is 1.17. The van der Waals surface area contributed by atoms with E-state index in [-0.39, 0.29) is 11.5 Å². The second-order valence-electron chi connectivity index (χ2n) is 6.01. The first-order valence-corrected chi connectivity index (χ1v) is 8.36. The molecule has 3 rings (SSSR count). The van der Waals surface area contributed by atoms with Crippen molar-refractivity contribution in [3.8, 4) is 11.5 Å². The van der Waals surface area contributed by atoms with Crippen LogP contribution in [0.3, 0.4) is 0 Å². The van der Waals surface area contributed by atoms with Crippen molar-refractivity contribution >= 4 is 11.6 Å². The van der Waals surface area contributed by atoms with E-state index in [1.54, 1.807) is 56.4 Å². The molecule has 26 heavy (non-hydrogen) atoms. The van der Waals surface area contributed by atoms with Gasteiger partial charge < -0.3 is 14.6 Å². The van der Waals surface area contributed by atoms with E-state index in [0.717, 1.165) is 5.75 Å². The molecule has 5 heteroatoms. The highest BCUT2D eigenvalue weighted by atomic mass is 16.5. The molecule has 0 saturated carbocycles. The maximum Gasteiger partial charge on any atom is 0.254 e. The van der Waals surface area contributed by atoms with E-state index in [1.807, 2.05) is 30.3 Å². The van der Waals surface area contributed by atoms with Crippen LogP contribution in [0, 0.1) is 6.92 Å². The van der Waals surface area contributed by atoms with Gasteiger partial charge in [0.2, 0.25) is 5.91 Å². The number of aromatic nitrogens is 1. The van der Waals surface area contributed by atoms with E-state index in [0.29, 0.717) is 17.0 Å². The number of hydrogen-bond donors (Lipinski definition) is 1. The van der Waals surface area contributed by atoms with E-state index >= 15 is 0 Å². The van der Waals surface area contributed by atoms with Crippen molar-refractivity contribution in [2.75, 3.05) is 5.32 Å². The zero-order valence-corrected chi connectivity index (χ0v) is 14.7. The molecule has 0 saturated heterocycles. The van der Waals surface area contributed by atoms with Crippen LogP contribution in [-0.4, -0.2) is 10.5 Å². The first kappa shape index (κ1) is 17.5. The lowest BCUT2D eigenvalue weighted by Gasteiger charge is -2.16. The van der Waals surface area contributed by atoms with Crippen molar-refractivity contribution in [3.63, 3.8) is 0 Å². The first-order chi connectivity index (χ1) is 12.5. The van der Waals surface area contributed by atoms with E-state index in [9.17, 15) is 9.59 Å². The maximum absolute atomic E-state index is 12.5. The van der Waals surface area contributed by atoms with Gasteiger partial charge in [-0.3, -0.25) is 9.59 Å². The zero-order chi connectivity index (χ0) is 18.5. The van der Waals surface area contributed by atoms with Crippen LogP contribution in [0.15, 0.2) is 77.7 Å². The third-order valence-corrected chi connectivity index (χ3v) is 4.06. The number of nitrogens with one attached hydrogen (secondary N) is 1. The Balaban J connectivity index is 1.67.